The van der Waals surface area contributed by atoms with Crippen LogP contribution in [0, 0.1) is 5.92 Å². The van der Waals surface area contributed by atoms with E-state index in [-0.39, 0.29) is 0 Å². The Bertz CT molecular complexity index is 748. The first-order valence-corrected chi connectivity index (χ1v) is 7.49. The molecule has 0 radical (unpaired) electrons. The van der Waals surface area contributed by atoms with E-state index in [4.69, 9.17) is 9.97 Å². The molecule has 0 amide bonds. The first-order valence-electron chi connectivity index (χ1n) is 7.49. The normalized spacial score (nSPS) is 12.8. The van der Waals surface area contributed by atoms with Crippen LogP contribution >= 0.6 is 0 Å². The van der Waals surface area contributed by atoms with Crippen LogP contribution in [0.25, 0.3) is 22.2 Å². The second-order valence-corrected chi connectivity index (χ2v) is 5.85. The Morgan fingerprint density at radius 1 is 0.762 bits per heavy atom. The highest BCUT2D eigenvalue weighted by molar-refractivity contribution is 5.92. The summed E-state index contributed by atoms with van der Waals surface area (Å²) in [4.78, 5) is 9.65. The van der Waals surface area contributed by atoms with Gasteiger partial charge in [-0.1, -0.05) is 69.3 Å². The molecule has 2 heteroatoms. The molecule has 0 aliphatic heterocycles. The number of benzene rings is 2. The zero-order valence-electron chi connectivity index (χ0n) is 12.7. The fourth-order valence-electron chi connectivity index (χ4n) is 2.41. The van der Waals surface area contributed by atoms with E-state index in [1.54, 1.807) is 0 Å². The van der Waals surface area contributed by atoms with E-state index in [0.29, 0.717) is 11.8 Å². The number of para-hydroxylation sites is 1. The fraction of sp³-hybridized carbons (Fsp3) is 0.263. The maximum Gasteiger partial charge on any atom is 0.132 e. The molecule has 1 unspecified atom stereocenters. The van der Waals surface area contributed by atoms with Crippen LogP contribution in [0.4, 0.5) is 0 Å². The summed E-state index contributed by atoms with van der Waals surface area (Å²) >= 11 is 0. The molecule has 0 fully saturated rings. The number of aromatic nitrogens is 2. The van der Waals surface area contributed by atoms with Gasteiger partial charge in [-0.25, -0.2) is 9.97 Å². The van der Waals surface area contributed by atoms with Crippen LogP contribution in [0.3, 0.4) is 0 Å². The van der Waals surface area contributed by atoms with Crippen LogP contribution in [-0.4, -0.2) is 9.97 Å². The molecule has 0 saturated heterocycles. The van der Waals surface area contributed by atoms with Crippen molar-refractivity contribution in [3.05, 3.63) is 60.4 Å². The largest absolute Gasteiger partial charge is 0.233 e. The highest BCUT2D eigenvalue weighted by atomic mass is 14.9. The lowest BCUT2D eigenvalue weighted by Gasteiger charge is -2.16. The van der Waals surface area contributed by atoms with E-state index >= 15 is 0 Å². The zero-order valence-corrected chi connectivity index (χ0v) is 12.7. The van der Waals surface area contributed by atoms with Gasteiger partial charge in [-0.15, -0.1) is 0 Å². The van der Waals surface area contributed by atoms with E-state index in [0.717, 1.165) is 28.0 Å². The molecule has 0 aliphatic carbocycles. The van der Waals surface area contributed by atoms with Crippen LogP contribution in [0.5, 0.6) is 0 Å². The number of fused-ring (bicyclic) bond motifs is 1. The summed E-state index contributed by atoms with van der Waals surface area (Å²) in [6.07, 6.45) is 0. The third kappa shape index (κ3) is 2.66. The Labute approximate surface area is 125 Å². The lowest BCUT2D eigenvalue weighted by Crippen LogP contribution is -2.08. The molecule has 3 aromatic rings. The van der Waals surface area contributed by atoms with Crippen molar-refractivity contribution in [3.63, 3.8) is 0 Å². The molecular formula is C19H20N2. The van der Waals surface area contributed by atoms with Gasteiger partial charge in [0.15, 0.2) is 0 Å². The number of nitrogens with zero attached hydrogens (tertiary/aromatic N) is 2. The lowest BCUT2D eigenvalue weighted by molar-refractivity contribution is 0.512. The summed E-state index contributed by atoms with van der Waals surface area (Å²) in [5, 5.41) is 1.11. The van der Waals surface area contributed by atoms with Crippen molar-refractivity contribution < 1.29 is 0 Å². The molecule has 106 valence electrons. The van der Waals surface area contributed by atoms with Crippen LogP contribution in [-0.2, 0) is 0 Å². The number of rotatable bonds is 3. The Kier molecular flexibility index (Phi) is 3.70. The molecule has 0 saturated carbocycles. The summed E-state index contributed by atoms with van der Waals surface area (Å²) in [7, 11) is 0. The van der Waals surface area contributed by atoms with Gasteiger partial charge < -0.3 is 0 Å². The van der Waals surface area contributed by atoms with Gasteiger partial charge in [0, 0.05) is 16.9 Å². The van der Waals surface area contributed by atoms with Crippen molar-refractivity contribution in [2.45, 2.75) is 26.7 Å². The van der Waals surface area contributed by atoms with E-state index in [2.05, 4.69) is 57.2 Å². The second-order valence-electron chi connectivity index (χ2n) is 5.85. The maximum atomic E-state index is 4.88. The van der Waals surface area contributed by atoms with Gasteiger partial charge in [0.05, 0.1) is 11.2 Å². The van der Waals surface area contributed by atoms with Crippen LogP contribution in [0.15, 0.2) is 54.6 Å². The van der Waals surface area contributed by atoms with Gasteiger partial charge in [0.25, 0.3) is 0 Å². The zero-order chi connectivity index (χ0) is 14.8. The fourth-order valence-corrected chi connectivity index (χ4v) is 2.41. The van der Waals surface area contributed by atoms with Crippen molar-refractivity contribution in [3.8, 4) is 11.3 Å². The van der Waals surface area contributed by atoms with E-state index in [1.165, 1.54) is 0 Å². The third-order valence-corrected chi connectivity index (χ3v) is 4.08. The van der Waals surface area contributed by atoms with Crippen molar-refractivity contribution in [1.82, 2.24) is 9.97 Å². The van der Waals surface area contributed by atoms with Crippen molar-refractivity contribution >= 4 is 10.9 Å². The Balaban J connectivity index is 2.26. The van der Waals surface area contributed by atoms with Gasteiger partial charge in [0.1, 0.15) is 5.82 Å². The molecule has 3 rings (SSSR count). The van der Waals surface area contributed by atoms with Gasteiger partial charge >= 0.3 is 0 Å². The smallest absolute Gasteiger partial charge is 0.132 e. The third-order valence-electron chi connectivity index (χ3n) is 4.08. The average Bonchev–Trinajstić information content (AvgIpc) is 2.53. The monoisotopic (exact) mass is 276 g/mol. The topological polar surface area (TPSA) is 25.8 Å². The Morgan fingerprint density at radius 3 is 2.14 bits per heavy atom. The SMILES string of the molecule is CC(C)C(C)c1nc(-c2ccccc2)c2ccccc2n1. The molecule has 0 N–H and O–H groups in total. The van der Waals surface area contributed by atoms with Crippen LogP contribution in [0.2, 0.25) is 0 Å². The van der Waals surface area contributed by atoms with E-state index in [9.17, 15) is 0 Å². The summed E-state index contributed by atoms with van der Waals surface area (Å²) in [5.41, 5.74) is 3.20. The molecule has 2 nitrogen and oxygen atoms in total. The molecule has 1 heterocycles. The molecule has 0 spiro atoms. The molecule has 0 bridgehead atoms. The quantitative estimate of drug-likeness (QED) is 0.668. The van der Waals surface area contributed by atoms with E-state index in [1.807, 2.05) is 18.2 Å². The molecule has 2 aromatic carbocycles. The minimum Gasteiger partial charge on any atom is -0.233 e. The van der Waals surface area contributed by atoms with Gasteiger partial charge in [-0.3, -0.25) is 0 Å². The first-order chi connectivity index (χ1) is 10.2. The highest BCUT2D eigenvalue weighted by Crippen LogP contribution is 2.29. The van der Waals surface area contributed by atoms with Crippen molar-refractivity contribution in [1.29, 1.82) is 0 Å². The van der Waals surface area contributed by atoms with Gasteiger partial charge in [0.2, 0.25) is 0 Å². The van der Waals surface area contributed by atoms with Gasteiger partial charge in [-0.2, -0.15) is 0 Å². The lowest BCUT2D eigenvalue weighted by atomic mass is 9.96. The number of hydrogen-bond donors (Lipinski definition) is 0. The maximum absolute atomic E-state index is 4.88. The summed E-state index contributed by atoms with van der Waals surface area (Å²) in [6, 6.07) is 18.6. The van der Waals surface area contributed by atoms with Crippen molar-refractivity contribution in [2.24, 2.45) is 5.92 Å². The van der Waals surface area contributed by atoms with Gasteiger partial charge in [-0.05, 0) is 12.0 Å². The molecule has 21 heavy (non-hydrogen) atoms. The molecule has 0 aliphatic rings. The minimum atomic E-state index is 0.345. The Hall–Kier alpha value is -2.22. The highest BCUT2D eigenvalue weighted by Gasteiger charge is 2.16. The van der Waals surface area contributed by atoms with Crippen LogP contribution < -0.4 is 0 Å². The first kappa shape index (κ1) is 13.7. The minimum absolute atomic E-state index is 0.345. The predicted octanol–water partition coefficient (Wildman–Crippen LogP) is 5.06. The molecular weight excluding hydrogens is 256 g/mol. The summed E-state index contributed by atoms with van der Waals surface area (Å²) < 4.78 is 0. The standard InChI is InChI=1S/C19H20N2/c1-13(2)14(3)19-20-17-12-8-7-11-16(17)18(21-19)15-9-5-4-6-10-15/h4-14H,1-3H3. The Morgan fingerprint density at radius 2 is 1.43 bits per heavy atom. The summed E-state index contributed by atoms with van der Waals surface area (Å²) in [5.74, 6) is 1.80. The summed E-state index contributed by atoms with van der Waals surface area (Å²) in [6.45, 7) is 6.63. The molecule has 1 atom stereocenters. The average molecular weight is 276 g/mol. The number of hydrogen-bond acceptors (Lipinski definition) is 2. The van der Waals surface area contributed by atoms with Crippen LogP contribution in [0.1, 0.15) is 32.5 Å². The predicted molar refractivity (Wildman–Crippen MR) is 88.2 cm³/mol. The van der Waals surface area contributed by atoms with Crippen molar-refractivity contribution in [2.75, 3.05) is 0 Å². The molecule has 1 aromatic heterocycles. The van der Waals surface area contributed by atoms with E-state index < -0.39 is 0 Å². The second kappa shape index (κ2) is 5.65.